The van der Waals surface area contributed by atoms with Crippen LogP contribution in [-0.4, -0.2) is 43.4 Å². The Morgan fingerprint density at radius 3 is 2.29 bits per heavy atom. The molecule has 9 heteroatoms. The molecule has 0 aromatic heterocycles. The molecule has 0 heterocycles. The molecule has 0 spiro atoms. The van der Waals surface area contributed by atoms with Crippen molar-refractivity contribution >= 4 is 40.5 Å². The van der Waals surface area contributed by atoms with Crippen molar-refractivity contribution in [2.24, 2.45) is 0 Å². The highest BCUT2D eigenvalue weighted by Crippen LogP contribution is 2.16. The summed E-state index contributed by atoms with van der Waals surface area (Å²) in [5.74, 6) is 0.503. The molecule has 3 aromatic rings. The van der Waals surface area contributed by atoms with Crippen molar-refractivity contribution in [2.45, 2.75) is 6.92 Å². The van der Waals surface area contributed by atoms with E-state index in [1.54, 1.807) is 60.7 Å². The lowest BCUT2D eigenvalue weighted by Crippen LogP contribution is -2.34. The fraction of sp³-hybridized carbons (Fsp3) is 0.192. The van der Waals surface area contributed by atoms with Gasteiger partial charge in [0.2, 0.25) is 0 Å². The number of benzene rings is 3. The largest absolute Gasteiger partial charge is 0.491 e. The maximum Gasteiger partial charge on any atom is 0.262 e. The van der Waals surface area contributed by atoms with Crippen LogP contribution in [-0.2, 0) is 9.53 Å². The predicted octanol–water partition coefficient (Wildman–Crippen LogP) is 4.25. The third kappa shape index (κ3) is 9.07. The highest BCUT2D eigenvalue weighted by molar-refractivity contribution is 7.80. The lowest BCUT2D eigenvalue weighted by molar-refractivity contribution is -0.118. The summed E-state index contributed by atoms with van der Waals surface area (Å²) in [4.78, 5) is 24.8. The number of anilines is 2. The van der Waals surface area contributed by atoms with Crippen LogP contribution in [0.3, 0.4) is 0 Å². The fourth-order valence-electron chi connectivity index (χ4n) is 2.96. The minimum atomic E-state index is -0.375. The Kier molecular flexibility index (Phi) is 10.0. The first-order valence-corrected chi connectivity index (χ1v) is 11.4. The van der Waals surface area contributed by atoms with E-state index in [1.165, 1.54) is 0 Å². The van der Waals surface area contributed by atoms with Gasteiger partial charge in [0.15, 0.2) is 11.7 Å². The molecule has 0 aliphatic rings. The van der Waals surface area contributed by atoms with Crippen LogP contribution >= 0.6 is 12.2 Å². The topological polar surface area (TPSA) is 97.9 Å². The number of amides is 2. The predicted molar refractivity (Wildman–Crippen MR) is 139 cm³/mol. The summed E-state index contributed by atoms with van der Waals surface area (Å²) >= 11 is 5.27. The Morgan fingerprint density at radius 1 is 0.800 bits per heavy atom. The molecular weight excluding hydrogens is 466 g/mol. The number of carbonyl (C=O) groups is 2. The van der Waals surface area contributed by atoms with Crippen LogP contribution in [0.15, 0.2) is 78.9 Å². The molecule has 35 heavy (non-hydrogen) atoms. The van der Waals surface area contributed by atoms with E-state index in [9.17, 15) is 9.59 Å². The molecule has 3 aromatic carbocycles. The number of para-hydroxylation sites is 1. The van der Waals surface area contributed by atoms with Crippen LogP contribution in [0.2, 0.25) is 0 Å². The van der Waals surface area contributed by atoms with Gasteiger partial charge in [-0.3, -0.25) is 14.9 Å². The summed E-state index contributed by atoms with van der Waals surface area (Å²) < 4.78 is 16.3. The van der Waals surface area contributed by atoms with E-state index >= 15 is 0 Å². The van der Waals surface area contributed by atoms with Gasteiger partial charge < -0.3 is 24.8 Å². The van der Waals surface area contributed by atoms with E-state index in [1.807, 2.05) is 25.1 Å². The van der Waals surface area contributed by atoms with Crippen LogP contribution in [0.4, 0.5) is 11.4 Å². The van der Waals surface area contributed by atoms with E-state index in [0.29, 0.717) is 48.3 Å². The van der Waals surface area contributed by atoms with Crippen molar-refractivity contribution in [1.29, 1.82) is 0 Å². The van der Waals surface area contributed by atoms with Gasteiger partial charge >= 0.3 is 0 Å². The number of carbonyl (C=O) groups excluding carboxylic acids is 2. The van der Waals surface area contributed by atoms with Crippen molar-refractivity contribution < 1.29 is 23.8 Å². The van der Waals surface area contributed by atoms with Gasteiger partial charge in [-0.25, -0.2) is 0 Å². The molecule has 3 N–H and O–H groups in total. The molecular formula is C26H27N3O5S. The van der Waals surface area contributed by atoms with Crippen LogP contribution in [0.5, 0.6) is 11.5 Å². The molecule has 0 unspecified atom stereocenters. The first-order chi connectivity index (χ1) is 17.0. The zero-order valence-electron chi connectivity index (χ0n) is 19.3. The summed E-state index contributed by atoms with van der Waals surface area (Å²) in [6, 6.07) is 22.8. The molecule has 0 fully saturated rings. The molecule has 0 saturated carbocycles. The monoisotopic (exact) mass is 493 g/mol. The molecule has 0 atom stereocenters. The second kappa shape index (κ2) is 13.7. The molecule has 0 saturated heterocycles. The van der Waals surface area contributed by atoms with Crippen molar-refractivity contribution in [1.82, 2.24) is 5.32 Å². The number of thiocarbonyl (C=S) groups is 1. The normalized spacial score (nSPS) is 10.2. The van der Waals surface area contributed by atoms with Crippen LogP contribution in [0.1, 0.15) is 17.3 Å². The molecule has 0 aliphatic heterocycles. The van der Waals surface area contributed by atoms with Gasteiger partial charge in [-0.15, -0.1) is 0 Å². The van der Waals surface area contributed by atoms with Gasteiger partial charge in [-0.1, -0.05) is 30.3 Å². The summed E-state index contributed by atoms with van der Waals surface area (Å²) in [7, 11) is 0. The number of hydrogen-bond donors (Lipinski definition) is 3. The summed E-state index contributed by atoms with van der Waals surface area (Å²) in [5, 5.41) is 8.47. The van der Waals surface area contributed by atoms with Crippen LogP contribution in [0.25, 0.3) is 0 Å². The number of hydrogen-bond acceptors (Lipinski definition) is 6. The average molecular weight is 494 g/mol. The zero-order chi connectivity index (χ0) is 24.9. The Hall–Kier alpha value is -3.95. The van der Waals surface area contributed by atoms with Crippen LogP contribution in [0, 0.1) is 0 Å². The van der Waals surface area contributed by atoms with E-state index in [4.69, 9.17) is 26.4 Å². The maximum absolute atomic E-state index is 12.6. The Morgan fingerprint density at radius 2 is 1.51 bits per heavy atom. The van der Waals surface area contributed by atoms with Crippen molar-refractivity contribution in [2.75, 3.05) is 37.1 Å². The second-order valence-corrected chi connectivity index (χ2v) is 7.62. The van der Waals surface area contributed by atoms with Gasteiger partial charge in [0.25, 0.3) is 11.8 Å². The Balaban J connectivity index is 1.48. The minimum Gasteiger partial charge on any atom is -0.491 e. The van der Waals surface area contributed by atoms with E-state index in [-0.39, 0.29) is 23.5 Å². The standard InChI is InChI=1S/C26H27N3O5S/c1-2-32-14-15-33-23-13-6-8-19(16-23)25(31)29-26(35)28-21-10-7-9-20(17-21)27-24(30)18-34-22-11-4-3-5-12-22/h3-13,16-17H,2,14-15,18H2,1H3,(H,27,30)(H2,28,29,31,35). The molecule has 2 amide bonds. The summed E-state index contributed by atoms with van der Waals surface area (Å²) in [5.41, 5.74) is 1.57. The average Bonchev–Trinajstić information content (AvgIpc) is 2.86. The quantitative estimate of drug-likeness (QED) is 0.271. The number of nitrogens with one attached hydrogen (secondary N) is 3. The summed E-state index contributed by atoms with van der Waals surface area (Å²) in [6.45, 7) is 3.28. The highest BCUT2D eigenvalue weighted by Gasteiger charge is 2.10. The van der Waals surface area contributed by atoms with E-state index in [2.05, 4.69) is 16.0 Å². The lowest BCUT2D eigenvalue weighted by atomic mass is 10.2. The van der Waals surface area contributed by atoms with Gasteiger partial charge in [0.05, 0.1) is 6.61 Å². The molecule has 0 bridgehead atoms. The first kappa shape index (κ1) is 25.7. The van der Waals surface area contributed by atoms with Gasteiger partial charge in [0.1, 0.15) is 18.1 Å². The molecule has 182 valence electrons. The number of rotatable bonds is 11. The molecule has 8 nitrogen and oxygen atoms in total. The molecule has 3 rings (SSSR count). The van der Waals surface area contributed by atoms with Crippen molar-refractivity contribution in [3.05, 3.63) is 84.4 Å². The molecule has 0 aliphatic carbocycles. The Bertz CT molecular complexity index is 1140. The van der Waals surface area contributed by atoms with Crippen molar-refractivity contribution in [3.8, 4) is 11.5 Å². The SMILES string of the molecule is CCOCCOc1cccc(C(=O)NC(=S)Nc2cccc(NC(=O)COc3ccccc3)c2)c1. The van der Waals surface area contributed by atoms with Gasteiger partial charge in [0, 0.05) is 23.5 Å². The number of ether oxygens (including phenoxy) is 3. The minimum absolute atomic E-state index is 0.119. The molecule has 0 radical (unpaired) electrons. The summed E-state index contributed by atoms with van der Waals surface area (Å²) in [6.07, 6.45) is 0. The zero-order valence-corrected chi connectivity index (χ0v) is 20.1. The third-order valence-corrected chi connectivity index (χ3v) is 4.75. The van der Waals surface area contributed by atoms with E-state index in [0.717, 1.165) is 0 Å². The lowest BCUT2D eigenvalue weighted by Gasteiger charge is -2.12. The van der Waals surface area contributed by atoms with Crippen LogP contribution < -0.4 is 25.4 Å². The van der Waals surface area contributed by atoms with Crippen molar-refractivity contribution in [3.63, 3.8) is 0 Å². The second-order valence-electron chi connectivity index (χ2n) is 7.21. The highest BCUT2D eigenvalue weighted by atomic mass is 32.1. The van der Waals surface area contributed by atoms with Gasteiger partial charge in [-0.05, 0) is 67.7 Å². The maximum atomic E-state index is 12.6. The smallest absolute Gasteiger partial charge is 0.262 e. The Labute approximate surface area is 209 Å². The first-order valence-electron chi connectivity index (χ1n) is 11.0. The fourth-order valence-corrected chi connectivity index (χ4v) is 3.18. The third-order valence-electron chi connectivity index (χ3n) is 4.54. The van der Waals surface area contributed by atoms with Gasteiger partial charge in [-0.2, -0.15) is 0 Å². The van der Waals surface area contributed by atoms with E-state index < -0.39 is 0 Å².